The molecule has 0 aliphatic carbocycles. The number of benzene rings is 1. The van der Waals surface area contributed by atoms with E-state index >= 15 is 0 Å². The van der Waals surface area contributed by atoms with E-state index in [0.717, 1.165) is 23.3 Å². The van der Waals surface area contributed by atoms with Crippen molar-refractivity contribution in [3.8, 4) is 22.8 Å². The van der Waals surface area contributed by atoms with Crippen LogP contribution in [0.25, 0.3) is 11.3 Å². The van der Waals surface area contributed by atoms with Crippen molar-refractivity contribution in [1.29, 1.82) is 0 Å². The molecule has 0 radical (unpaired) electrons. The van der Waals surface area contributed by atoms with Gasteiger partial charge in [-0.15, -0.1) is 0 Å². The minimum Gasteiger partial charge on any atom is -0.493 e. The number of ether oxygens (including phenoxy) is 3. The lowest BCUT2D eigenvalue weighted by Crippen LogP contribution is -2.24. The van der Waals surface area contributed by atoms with Crippen molar-refractivity contribution >= 4 is 5.97 Å². The molecule has 0 saturated heterocycles. The number of methoxy groups -OCH3 is 2. The van der Waals surface area contributed by atoms with Gasteiger partial charge in [0.25, 0.3) is 0 Å². The molecular weight excluding hydrogens is 338 g/mol. The molecule has 7 nitrogen and oxygen atoms in total. The van der Waals surface area contributed by atoms with E-state index in [1.165, 1.54) is 13.3 Å². The van der Waals surface area contributed by atoms with Crippen molar-refractivity contribution in [2.75, 3.05) is 27.4 Å². The van der Waals surface area contributed by atoms with Crippen LogP contribution in [0.2, 0.25) is 0 Å². The molecule has 0 fully saturated rings. The van der Waals surface area contributed by atoms with Crippen LogP contribution in [0, 0.1) is 0 Å². The van der Waals surface area contributed by atoms with Gasteiger partial charge in [-0.1, -0.05) is 0 Å². The number of fused-ring (bicyclic) bond motifs is 3. The van der Waals surface area contributed by atoms with E-state index in [-0.39, 0.29) is 11.3 Å². The lowest BCUT2D eigenvalue weighted by atomic mass is 9.95. The summed E-state index contributed by atoms with van der Waals surface area (Å²) in [7, 11) is 3.03. The number of carbonyl (C=O) groups is 1. The number of nitrogens with zero attached hydrogens (tertiary/aromatic N) is 1. The van der Waals surface area contributed by atoms with Gasteiger partial charge in [-0.2, -0.15) is 0 Å². The molecule has 0 unspecified atom stereocenters. The summed E-state index contributed by atoms with van der Waals surface area (Å²) < 4.78 is 17.8. The molecule has 0 atom stereocenters. The Morgan fingerprint density at radius 2 is 2.08 bits per heavy atom. The van der Waals surface area contributed by atoms with E-state index in [9.17, 15) is 14.7 Å². The second-order valence-corrected chi connectivity index (χ2v) is 6.02. The number of carboxylic acids is 1. The van der Waals surface area contributed by atoms with Gasteiger partial charge in [0.2, 0.25) is 5.43 Å². The normalized spacial score (nSPS) is 12.2. The summed E-state index contributed by atoms with van der Waals surface area (Å²) in [6.45, 7) is 1.77. The Kier molecular flexibility index (Phi) is 5.27. The minimum atomic E-state index is -1.26. The van der Waals surface area contributed by atoms with Crippen molar-refractivity contribution in [3.63, 3.8) is 0 Å². The maximum atomic E-state index is 12.4. The number of aryl methyl sites for hydroxylation is 2. The fraction of sp³-hybridized carbons (Fsp3) is 0.368. The Morgan fingerprint density at radius 3 is 2.77 bits per heavy atom. The minimum absolute atomic E-state index is 0.0552. The molecule has 2 aromatic rings. The van der Waals surface area contributed by atoms with E-state index in [1.54, 1.807) is 11.7 Å². The molecule has 1 aromatic heterocycles. The first-order chi connectivity index (χ1) is 12.6. The van der Waals surface area contributed by atoms with Crippen LogP contribution in [-0.4, -0.2) is 43.1 Å². The average molecular weight is 359 g/mol. The molecule has 2 heterocycles. The first-order valence-electron chi connectivity index (χ1n) is 8.36. The number of carboxylic acid groups (broad SMARTS) is 1. The fourth-order valence-corrected chi connectivity index (χ4v) is 3.17. The molecule has 1 N–H and O–H groups in total. The van der Waals surface area contributed by atoms with Gasteiger partial charge in [0, 0.05) is 38.4 Å². The van der Waals surface area contributed by atoms with Gasteiger partial charge >= 0.3 is 5.97 Å². The highest BCUT2D eigenvalue weighted by atomic mass is 16.5. The molecule has 0 saturated carbocycles. The predicted octanol–water partition coefficient (Wildman–Crippen LogP) is 2.19. The molecule has 0 amide bonds. The zero-order chi connectivity index (χ0) is 18.7. The Balaban J connectivity index is 1.99. The summed E-state index contributed by atoms with van der Waals surface area (Å²) in [5.41, 5.74) is 1.60. The average Bonchev–Trinajstić information content (AvgIpc) is 2.64. The summed E-state index contributed by atoms with van der Waals surface area (Å²) in [5, 5.41) is 9.25. The van der Waals surface area contributed by atoms with Gasteiger partial charge in [-0.05, 0) is 30.2 Å². The second-order valence-electron chi connectivity index (χ2n) is 6.02. The van der Waals surface area contributed by atoms with Gasteiger partial charge < -0.3 is 23.9 Å². The standard InChI is InChI=1S/C19H21NO6/c1-24-8-3-9-26-13-4-5-14-12(10-13)6-7-20-11-15(19(22)23)17(21)18(25-2)16(14)20/h4-5,10-11H,3,6-9H2,1-2H3,(H,22,23). The second kappa shape index (κ2) is 7.61. The third kappa shape index (κ3) is 3.30. The zero-order valence-electron chi connectivity index (χ0n) is 14.8. The number of rotatable bonds is 7. The monoisotopic (exact) mass is 359 g/mol. The topological polar surface area (TPSA) is 87.0 Å². The third-order valence-electron chi connectivity index (χ3n) is 4.39. The lowest BCUT2D eigenvalue weighted by molar-refractivity contribution is 0.0694. The first kappa shape index (κ1) is 18.0. The molecular formula is C19H21NO6. The summed E-state index contributed by atoms with van der Waals surface area (Å²) >= 11 is 0. The van der Waals surface area contributed by atoms with E-state index in [0.29, 0.717) is 31.9 Å². The van der Waals surface area contributed by atoms with Gasteiger partial charge in [-0.3, -0.25) is 4.79 Å². The number of hydrogen-bond donors (Lipinski definition) is 1. The zero-order valence-corrected chi connectivity index (χ0v) is 14.8. The van der Waals surface area contributed by atoms with Crippen LogP contribution in [0.3, 0.4) is 0 Å². The highest BCUT2D eigenvalue weighted by molar-refractivity contribution is 5.89. The van der Waals surface area contributed by atoms with Crippen molar-refractivity contribution in [3.05, 3.63) is 45.7 Å². The van der Waals surface area contributed by atoms with Gasteiger partial charge in [-0.25, -0.2) is 4.79 Å². The maximum absolute atomic E-state index is 12.4. The Bertz CT molecular complexity index is 886. The quantitative estimate of drug-likeness (QED) is 0.763. The van der Waals surface area contributed by atoms with Crippen molar-refractivity contribution in [2.45, 2.75) is 19.4 Å². The number of hydrogen-bond acceptors (Lipinski definition) is 5. The number of pyridine rings is 1. The van der Waals surface area contributed by atoms with Crippen LogP contribution < -0.4 is 14.9 Å². The molecule has 1 aliphatic heterocycles. The number of aromatic nitrogens is 1. The van der Waals surface area contributed by atoms with E-state index in [1.807, 2.05) is 18.2 Å². The molecule has 0 spiro atoms. The molecule has 1 aromatic carbocycles. The van der Waals surface area contributed by atoms with Gasteiger partial charge in [0.1, 0.15) is 11.3 Å². The molecule has 7 heteroatoms. The maximum Gasteiger partial charge on any atom is 0.341 e. The first-order valence-corrected chi connectivity index (χ1v) is 8.36. The summed E-state index contributed by atoms with van der Waals surface area (Å²) in [5.74, 6) is -0.439. The Morgan fingerprint density at radius 1 is 1.27 bits per heavy atom. The van der Waals surface area contributed by atoms with Gasteiger partial charge in [0.05, 0.1) is 19.4 Å². The predicted molar refractivity (Wildman–Crippen MR) is 95.3 cm³/mol. The largest absolute Gasteiger partial charge is 0.493 e. The molecule has 0 bridgehead atoms. The summed E-state index contributed by atoms with van der Waals surface area (Å²) in [4.78, 5) is 23.8. The fourth-order valence-electron chi connectivity index (χ4n) is 3.17. The van der Waals surface area contributed by atoms with E-state index < -0.39 is 11.4 Å². The van der Waals surface area contributed by atoms with Crippen LogP contribution in [0.1, 0.15) is 22.3 Å². The van der Waals surface area contributed by atoms with Gasteiger partial charge in [0.15, 0.2) is 5.75 Å². The van der Waals surface area contributed by atoms with Crippen LogP contribution >= 0.6 is 0 Å². The Labute approximate surface area is 150 Å². The van der Waals surface area contributed by atoms with Crippen molar-refractivity contribution in [2.24, 2.45) is 0 Å². The molecule has 26 heavy (non-hydrogen) atoms. The van der Waals surface area contributed by atoms with E-state index in [2.05, 4.69) is 0 Å². The number of aromatic carboxylic acids is 1. The third-order valence-corrected chi connectivity index (χ3v) is 4.39. The van der Waals surface area contributed by atoms with E-state index in [4.69, 9.17) is 14.2 Å². The smallest absolute Gasteiger partial charge is 0.341 e. The molecule has 3 rings (SSSR count). The van der Waals surface area contributed by atoms with Crippen LogP contribution in [0.4, 0.5) is 0 Å². The van der Waals surface area contributed by atoms with Crippen molar-refractivity contribution < 1.29 is 24.1 Å². The Hall–Kier alpha value is -2.80. The summed E-state index contributed by atoms with van der Waals surface area (Å²) in [6, 6.07) is 5.69. The highest BCUT2D eigenvalue weighted by Gasteiger charge is 2.25. The van der Waals surface area contributed by atoms with Crippen LogP contribution in [-0.2, 0) is 17.7 Å². The molecule has 1 aliphatic rings. The summed E-state index contributed by atoms with van der Waals surface area (Å²) in [6.07, 6.45) is 2.90. The molecule has 138 valence electrons. The lowest BCUT2D eigenvalue weighted by Gasteiger charge is -2.25. The van der Waals surface area contributed by atoms with Crippen LogP contribution in [0.5, 0.6) is 11.5 Å². The van der Waals surface area contributed by atoms with Crippen molar-refractivity contribution in [1.82, 2.24) is 4.57 Å². The van der Waals surface area contributed by atoms with Crippen LogP contribution in [0.15, 0.2) is 29.2 Å². The SMILES string of the molecule is COCCCOc1ccc2c(c1)CCn1cc(C(=O)O)c(=O)c(OC)c1-2. The highest BCUT2D eigenvalue weighted by Crippen LogP contribution is 2.36.